The number of aliphatic hydroxyl groups excluding tert-OH is 1. The Balaban J connectivity index is 1.62. The lowest BCUT2D eigenvalue weighted by Crippen LogP contribution is -2.38. The van der Waals surface area contributed by atoms with E-state index in [0.29, 0.717) is 40.7 Å². The van der Waals surface area contributed by atoms with Gasteiger partial charge >= 0.3 is 6.09 Å². The summed E-state index contributed by atoms with van der Waals surface area (Å²) in [6, 6.07) is 18.0. The predicted molar refractivity (Wildman–Crippen MR) is 156 cm³/mol. The minimum Gasteiger partial charge on any atom is -0.506 e. The van der Waals surface area contributed by atoms with Crippen LogP contribution in [-0.2, 0) is 14.3 Å². The number of anilines is 2. The highest BCUT2D eigenvalue weighted by Crippen LogP contribution is 2.46. The Labute approximate surface area is 238 Å². The zero-order valence-electron chi connectivity index (χ0n) is 22.9. The molecule has 0 saturated carbocycles. The number of halogens is 1. The molecule has 5 rings (SSSR count). The molecule has 0 unspecified atom stereocenters. The topological polar surface area (TPSA) is 88.5 Å². The van der Waals surface area contributed by atoms with E-state index in [1.807, 2.05) is 24.3 Å². The highest BCUT2D eigenvalue weighted by Gasteiger charge is 2.42. The second-order valence-electron chi connectivity index (χ2n) is 10.6. The van der Waals surface area contributed by atoms with Crippen molar-refractivity contribution in [3.8, 4) is 16.9 Å². The molecule has 0 spiro atoms. The molecule has 2 amide bonds. The quantitative estimate of drug-likeness (QED) is 0.284. The van der Waals surface area contributed by atoms with Crippen molar-refractivity contribution in [2.24, 2.45) is 0 Å². The molecule has 3 aromatic carbocycles. The lowest BCUT2D eigenvalue weighted by Gasteiger charge is -2.29. The van der Waals surface area contributed by atoms with E-state index in [0.717, 1.165) is 29.2 Å². The molecule has 8 nitrogen and oxygen atoms in total. The standard InChI is InChI=1S/C31H31ClN2O6/c1-31(2,3)40-30(37)34-26-18-25(32)23(19-8-10-21(11-9-19)33-12-14-39-15-13-33)17-24(26)27(29(34)36)28(35)20-6-5-7-22(16-20)38-4/h5-11,16-18,35H,12-15H2,1-4H3/b28-27+. The van der Waals surface area contributed by atoms with Crippen molar-refractivity contribution in [2.75, 3.05) is 43.2 Å². The van der Waals surface area contributed by atoms with Gasteiger partial charge in [-0.05, 0) is 62.7 Å². The summed E-state index contributed by atoms with van der Waals surface area (Å²) in [4.78, 5) is 30.1. The number of carbonyl (C=O) groups is 2. The molecule has 0 aromatic heterocycles. The lowest BCUT2D eigenvalue weighted by atomic mass is 9.97. The second-order valence-corrected chi connectivity index (χ2v) is 11.0. The Hall–Kier alpha value is -4.01. The van der Waals surface area contributed by atoms with Crippen LogP contribution in [0.2, 0.25) is 5.02 Å². The Morgan fingerprint density at radius 1 is 1.00 bits per heavy atom. The third-order valence-corrected chi connectivity index (χ3v) is 7.04. The van der Waals surface area contributed by atoms with Crippen molar-refractivity contribution in [3.63, 3.8) is 0 Å². The molecule has 208 valence electrons. The average molecular weight is 563 g/mol. The second kappa shape index (κ2) is 10.9. The first-order valence-corrected chi connectivity index (χ1v) is 13.4. The lowest BCUT2D eigenvalue weighted by molar-refractivity contribution is -0.112. The van der Waals surface area contributed by atoms with E-state index in [1.165, 1.54) is 7.11 Å². The molecule has 9 heteroatoms. The van der Waals surface area contributed by atoms with Gasteiger partial charge in [0.15, 0.2) is 0 Å². The Morgan fingerprint density at radius 2 is 1.70 bits per heavy atom. The summed E-state index contributed by atoms with van der Waals surface area (Å²) in [6.45, 7) is 8.16. The molecule has 0 radical (unpaired) electrons. The van der Waals surface area contributed by atoms with Crippen LogP contribution in [0.15, 0.2) is 60.7 Å². The number of morpholine rings is 1. The maximum absolute atomic E-state index is 13.8. The van der Waals surface area contributed by atoms with E-state index < -0.39 is 17.6 Å². The van der Waals surface area contributed by atoms with Gasteiger partial charge in [-0.25, -0.2) is 9.69 Å². The minimum absolute atomic E-state index is 0.0306. The normalized spacial score (nSPS) is 16.6. The summed E-state index contributed by atoms with van der Waals surface area (Å²) in [5.74, 6) is -0.482. The SMILES string of the molecule is COc1cccc(/C(O)=C2\C(=O)N(C(=O)OC(C)(C)C)c3cc(Cl)c(-c4ccc(N5CCOCC5)cc4)cc32)c1. The first-order chi connectivity index (χ1) is 19.1. The number of benzene rings is 3. The zero-order valence-corrected chi connectivity index (χ0v) is 23.6. The van der Waals surface area contributed by atoms with Crippen LogP contribution in [0.5, 0.6) is 5.75 Å². The van der Waals surface area contributed by atoms with Crippen molar-refractivity contribution in [1.29, 1.82) is 0 Å². The van der Waals surface area contributed by atoms with Crippen LogP contribution >= 0.6 is 11.6 Å². The highest BCUT2D eigenvalue weighted by atomic mass is 35.5. The van der Waals surface area contributed by atoms with E-state index in [1.54, 1.807) is 57.2 Å². The number of hydrogen-bond donors (Lipinski definition) is 1. The van der Waals surface area contributed by atoms with Gasteiger partial charge in [0.1, 0.15) is 17.1 Å². The minimum atomic E-state index is -0.856. The van der Waals surface area contributed by atoms with Gasteiger partial charge < -0.3 is 24.2 Å². The average Bonchev–Trinajstić information content (AvgIpc) is 3.22. The van der Waals surface area contributed by atoms with Crippen LogP contribution in [-0.4, -0.2) is 56.1 Å². The van der Waals surface area contributed by atoms with Gasteiger partial charge in [-0.3, -0.25) is 4.79 Å². The first kappa shape index (κ1) is 27.6. The molecule has 2 heterocycles. The Bertz CT molecular complexity index is 1490. The van der Waals surface area contributed by atoms with Gasteiger partial charge in [0.05, 0.1) is 36.6 Å². The number of methoxy groups -OCH3 is 1. The Kier molecular flexibility index (Phi) is 7.49. The number of aliphatic hydroxyl groups is 1. The summed E-state index contributed by atoms with van der Waals surface area (Å²) < 4.78 is 16.3. The van der Waals surface area contributed by atoms with E-state index >= 15 is 0 Å². The number of rotatable bonds is 4. The maximum atomic E-state index is 13.8. The smallest absolute Gasteiger partial charge is 0.422 e. The van der Waals surface area contributed by atoms with Gasteiger partial charge in [-0.15, -0.1) is 0 Å². The molecule has 1 fully saturated rings. The number of imide groups is 1. The molecular formula is C31H31ClN2O6. The molecular weight excluding hydrogens is 532 g/mol. The summed E-state index contributed by atoms with van der Waals surface area (Å²) in [5.41, 5.74) is 2.66. The monoisotopic (exact) mass is 562 g/mol. The van der Waals surface area contributed by atoms with E-state index in [2.05, 4.69) is 4.90 Å². The van der Waals surface area contributed by atoms with Crippen molar-refractivity contribution < 1.29 is 28.9 Å². The number of hydrogen-bond acceptors (Lipinski definition) is 7. The zero-order chi connectivity index (χ0) is 28.6. The molecule has 40 heavy (non-hydrogen) atoms. The van der Waals surface area contributed by atoms with Gasteiger partial charge in [-0.2, -0.15) is 0 Å². The first-order valence-electron chi connectivity index (χ1n) is 13.0. The Morgan fingerprint density at radius 3 is 2.35 bits per heavy atom. The van der Waals surface area contributed by atoms with Crippen LogP contribution < -0.4 is 14.5 Å². The molecule has 1 N–H and O–H groups in total. The van der Waals surface area contributed by atoms with Crippen LogP contribution in [0.1, 0.15) is 31.9 Å². The van der Waals surface area contributed by atoms with Crippen LogP contribution in [0.4, 0.5) is 16.2 Å². The fourth-order valence-electron chi connectivity index (χ4n) is 4.81. The molecule has 0 atom stereocenters. The van der Waals surface area contributed by atoms with E-state index in [4.69, 9.17) is 25.8 Å². The highest BCUT2D eigenvalue weighted by molar-refractivity contribution is 6.43. The van der Waals surface area contributed by atoms with Gasteiger partial charge in [0, 0.05) is 35.5 Å². The summed E-state index contributed by atoms with van der Waals surface area (Å²) in [5, 5.41) is 11.7. The predicted octanol–water partition coefficient (Wildman–Crippen LogP) is 6.56. The van der Waals surface area contributed by atoms with E-state index in [-0.39, 0.29) is 17.0 Å². The van der Waals surface area contributed by atoms with Crippen LogP contribution in [0.25, 0.3) is 22.5 Å². The van der Waals surface area contributed by atoms with Crippen molar-refractivity contribution >= 4 is 46.3 Å². The van der Waals surface area contributed by atoms with E-state index in [9.17, 15) is 14.7 Å². The van der Waals surface area contributed by atoms with Gasteiger partial charge in [-0.1, -0.05) is 35.9 Å². The maximum Gasteiger partial charge on any atom is 0.422 e. The summed E-state index contributed by atoms with van der Waals surface area (Å²) in [7, 11) is 1.52. The van der Waals surface area contributed by atoms with Gasteiger partial charge in [0.2, 0.25) is 0 Å². The number of ether oxygens (including phenoxy) is 3. The van der Waals surface area contributed by atoms with Gasteiger partial charge in [0.25, 0.3) is 5.91 Å². The third-order valence-electron chi connectivity index (χ3n) is 6.72. The fourth-order valence-corrected chi connectivity index (χ4v) is 5.08. The number of fused-ring (bicyclic) bond motifs is 1. The number of amides is 2. The fraction of sp³-hybridized carbons (Fsp3) is 0.290. The summed E-state index contributed by atoms with van der Waals surface area (Å²) >= 11 is 6.75. The third kappa shape index (κ3) is 5.37. The van der Waals surface area contributed by atoms with Crippen LogP contribution in [0, 0.1) is 0 Å². The molecule has 1 saturated heterocycles. The molecule has 2 aliphatic heterocycles. The number of carbonyl (C=O) groups excluding carboxylic acids is 2. The van der Waals surface area contributed by atoms with Crippen molar-refractivity contribution in [2.45, 2.75) is 26.4 Å². The largest absolute Gasteiger partial charge is 0.506 e. The summed E-state index contributed by atoms with van der Waals surface area (Å²) in [6.07, 6.45) is -0.856. The molecule has 0 aliphatic carbocycles. The number of nitrogens with zero attached hydrogens (tertiary/aromatic N) is 2. The van der Waals surface area contributed by atoms with Crippen LogP contribution in [0.3, 0.4) is 0 Å². The molecule has 3 aromatic rings. The van der Waals surface area contributed by atoms with Crippen molar-refractivity contribution in [1.82, 2.24) is 0 Å². The molecule has 0 bridgehead atoms. The van der Waals surface area contributed by atoms with Crippen molar-refractivity contribution in [3.05, 3.63) is 76.8 Å². The molecule has 2 aliphatic rings.